The van der Waals surface area contributed by atoms with Crippen LogP contribution in [-0.4, -0.2) is 22.9 Å². The molecule has 1 rings (SSSR count). The normalized spacial score (nSPS) is 10.8. The van der Waals surface area contributed by atoms with E-state index in [-0.39, 0.29) is 23.1 Å². The molecule has 108 valence electrons. The number of anilines is 2. The summed E-state index contributed by atoms with van der Waals surface area (Å²) in [6.45, 7) is 6.52. The molecule has 0 aliphatic heterocycles. The maximum atomic E-state index is 11.9. The van der Waals surface area contributed by atoms with E-state index in [0.29, 0.717) is 5.69 Å². The van der Waals surface area contributed by atoms with Crippen molar-refractivity contribution in [3.05, 3.63) is 23.8 Å². The highest BCUT2D eigenvalue weighted by Crippen LogP contribution is 2.23. The minimum atomic E-state index is -1.18. The van der Waals surface area contributed by atoms with Crippen molar-refractivity contribution in [2.75, 3.05) is 10.6 Å². The van der Waals surface area contributed by atoms with Gasteiger partial charge >= 0.3 is 5.97 Å². The molecule has 3 N–H and O–H groups in total. The van der Waals surface area contributed by atoms with Crippen LogP contribution in [0.3, 0.4) is 0 Å². The lowest BCUT2D eigenvalue weighted by molar-refractivity contribution is -0.123. The summed E-state index contributed by atoms with van der Waals surface area (Å²) in [5, 5.41) is 14.3. The van der Waals surface area contributed by atoms with Gasteiger partial charge < -0.3 is 15.7 Å². The summed E-state index contributed by atoms with van der Waals surface area (Å²) in [6, 6.07) is 4.30. The van der Waals surface area contributed by atoms with E-state index in [4.69, 9.17) is 0 Å². The SMILES string of the molecule is CC(=O)Nc1ccc(NC(=O)C(C)(C)C)c(C(=O)O)c1. The second-order valence-electron chi connectivity index (χ2n) is 5.45. The molecule has 0 fully saturated rings. The summed E-state index contributed by atoms with van der Waals surface area (Å²) in [4.78, 5) is 34.1. The van der Waals surface area contributed by atoms with Crippen LogP contribution in [0, 0.1) is 5.41 Å². The second kappa shape index (κ2) is 5.73. The average molecular weight is 278 g/mol. The number of carboxylic acid groups (broad SMARTS) is 1. The molecule has 0 aromatic heterocycles. The molecule has 0 bridgehead atoms. The summed E-state index contributed by atoms with van der Waals surface area (Å²) in [6.07, 6.45) is 0. The Morgan fingerprint density at radius 2 is 1.70 bits per heavy atom. The van der Waals surface area contributed by atoms with Crippen molar-refractivity contribution in [2.45, 2.75) is 27.7 Å². The second-order valence-corrected chi connectivity index (χ2v) is 5.45. The number of hydrogen-bond acceptors (Lipinski definition) is 3. The van der Waals surface area contributed by atoms with Gasteiger partial charge in [-0.25, -0.2) is 4.79 Å². The number of aromatic carboxylic acids is 1. The number of benzene rings is 1. The molecule has 6 nitrogen and oxygen atoms in total. The first kappa shape index (κ1) is 15.7. The number of amides is 2. The van der Waals surface area contributed by atoms with Crippen LogP contribution in [0.5, 0.6) is 0 Å². The number of carbonyl (C=O) groups excluding carboxylic acids is 2. The molecule has 20 heavy (non-hydrogen) atoms. The topological polar surface area (TPSA) is 95.5 Å². The molecule has 6 heteroatoms. The van der Waals surface area contributed by atoms with Gasteiger partial charge in [0, 0.05) is 18.0 Å². The van der Waals surface area contributed by atoms with E-state index in [9.17, 15) is 19.5 Å². The largest absolute Gasteiger partial charge is 0.478 e. The smallest absolute Gasteiger partial charge is 0.337 e. The highest BCUT2D eigenvalue weighted by molar-refractivity contribution is 6.03. The Kier molecular flexibility index (Phi) is 4.49. The number of nitrogens with one attached hydrogen (secondary N) is 2. The molecule has 0 spiro atoms. The van der Waals surface area contributed by atoms with E-state index >= 15 is 0 Å². The highest BCUT2D eigenvalue weighted by atomic mass is 16.4. The van der Waals surface area contributed by atoms with Crippen LogP contribution in [0.25, 0.3) is 0 Å². The Bertz CT molecular complexity index is 559. The quantitative estimate of drug-likeness (QED) is 0.790. The maximum Gasteiger partial charge on any atom is 0.337 e. The molecule has 1 aromatic rings. The third-order valence-corrected chi connectivity index (χ3v) is 2.50. The first-order valence-corrected chi connectivity index (χ1v) is 6.07. The van der Waals surface area contributed by atoms with Crippen molar-refractivity contribution in [3.8, 4) is 0 Å². The van der Waals surface area contributed by atoms with E-state index in [2.05, 4.69) is 10.6 Å². The molecule has 0 atom stereocenters. The summed E-state index contributed by atoms with van der Waals surface area (Å²) < 4.78 is 0. The van der Waals surface area contributed by atoms with Gasteiger partial charge in [0.2, 0.25) is 11.8 Å². The Morgan fingerprint density at radius 3 is 2.15 bits per heavy atom. The first-order chi connectivity index (χ1) is 9.11. The van der Waals surface area contributed by atoms with Gasteiger partial charge in [0.1, 0.15) is 0 Å². The van der Waals surface area contributed by atoms with E-state index in [1.54, 1.807) is 20.8 Å². The van der Waals surface area contributed by atoms with Gasteiger partial charge in [0.05, 0.1) is 11.3 Å². The predicted octanol–water partition coefficient (Wildman–Crippen LogP) is 2.33. The van der Waals surface area contributed by atoms with E-state index in [1.165, 1.54) is 25.1 Å². The molecule has 0 unspecified atom stereocenters. The highest BCUT2D eigenvalue weighted by Gasteiger charge is 2.23. The number of rotatable bonds is 3. The zero-order chi connectivity index (χ0) is 15.5. The molecular weight excluding hydrogens is 260 g/mol. The van der Waals surface area contributed by atoms with E-state index in [1.807, 2.05) is 0 Å². The number of carbonyl (C=O) groups is 3. The molecule has 0 saturated carbocycles. The van der Waals surface area contributed by atoms with Crippen molar-refractivity contribution in [3.63, 3.8) is 0 Å². The zero-order valence-corrected chi connectivity index (χ0v) is 11.9. The fourth-order valence-corrected chi connectivity index (χ4v) is 1.42. The molecule has 1 aromatic carbocycles. The maximum absolute atomic E-state index is 11.9. The molecule has 0 aliphatic rings. The number of carboxylic acids is 1. The van der Waals surface area contributed by atoms with E-state index < -0.39 is 11.4 Å². The van der Waals surface area contributed by atoms with Gasteiger partial charge in [-0.05, 0) is 18.2 Å². The molecule has 0 heterocycles. The van der Waals surface area contributed by atoms with Gasteiger partial charge in [-0.15, -0.1) is 0 Å². The molecule has 0 aliphatic carbocycles. The first-order valence-electron chi connectivity index (χ1n) is 6.07. The van der Waals surface area contributed by atoms with Crippen LogP contribution in [-0.2, 0) is 9.59 Å². The monoisotopic (exact) mass is 278 g/mol. The van der Waals surface area contributed by atoms with Crippen LogP contribution < -0.4 is 10.6 Å². The zero-order valence-electron chi connectivity index (χ0n) is 11.9. The Morgan fingerprint density at radius 1 is 1.10 bits per heavy atom. The van der Waals surface area contributed by atoms with Crippen molar-refractivity contribution >= 4 is 29.2 Å². The minimum absolute atomic E-state index is 0.0751. The van der Waals surface area contributed by atoms with E-state index in [0.717, 1.165) is 0 Å². The standard InChI is InChI=1S/C14H18N2O4/c1-8(17)15-9-5-6-11(10(7-9)12(18)19)16-13(20)14(2,3)4/h5-7H,1-4H3,(H,15,17)(H,16,20)(H,18,19). The van der Waals surface area contributed by atoms with Gasteiger partial charge in [-0.1, -0.05) is 20.8 Å². The lowest BCUT2D eigenvalue weighted by atomic mass is 9.95. The Labute approximate surface area is 117 Å². The van der Waals surface area contributed by atoms with Crippen molar-refractivity contribution in [2.24, 2.45) is 5.41 Å². The van der Waals surface area contributed by atoms with Gasteiger partial charge in [0.25, 0.3) is 0 Å². The van der Waals surface area contributed by atoms with Crippen molar-refractivity contribution < 1.29 is 19.5 Å². The third kappa shape index (κ3) is 4.08. The van der Waals surface area contributed by atoms with Crippen LogP contribution >= 0.6 is 0 Å². The van der Waals surface area contributed by atoms with Crippen molar-refractivity contribution in [1.29, 1.82) is 0 Å². The fraction of sp³-hybridized carbons (Fsp3) is 0.357. The molecule has 0 radical (unpaired) electrons. The minimum Gasteiger partial charge on any atom is -0.478 e. The van der Waals surface area contributed by atoms with Crippen LogP contribution in [0.15, 0.2) is 18.2 Å². The van der Waals surface area contributed by atoms with Crippen LogP contribution in [0.2, 0.25) is 0 Å². The summed E-state index contributed by atoms with van der Waals surface area (Å²) in [5.41, 5.74) is -0.143. The average Bonchev–Trinajstić information content (AvgIpc) is 2.28. The van der Waals surface area contributed by atoms with Crippen molar-refractivity contribution in [1.82, 2.24) is 0 Å². The summed E-state index contributed by atoms with van der Waals surface area (Å²) >= 11 is 0. The van der Waals surface area contributed by atoms with Crippen LogP contribution in [0.1, 0.15) is 38.1 Å². The summed E-state index contributed by atoms with van der Waals surface area (Å²) in [7, 11) is 0. The Hall–Kier alpha value is -2.37. The van der Waals surface area contributed by atoms with Gasteiger partial charge in [-0.2, -0.15) is 0 Å². The molecular formula is C14H18N2O4. The van der Waals surface area contributed by atoms with Gasteiger partial charge in [-0.3, -0.25) is 9.59 Å². The third-order valence-electron chi connectivity index (χ3n) is 2.50. The van der Waals surface area contributed by atoms with Gasteiger partial charge in [0.15, 0.2) is 0 Å². The Balaban J connectivity index is 3.11. The van der Waals surface area contributed by atoms with Crippen LogP contribution in [0.4, 0.5) is 11.4 Å². The summed E-state index contributed by atoms with van der Waals surface area (Å²) in [5.74, 6) is -1.76. The number of hydrogen-bond donors (Lipinski definition) is 3. The fourth-order valence-electron chi connectivity index (χ4n) is 1.42. The molecule has 2 amide bonds. The predicted molar refractivity (Wildman–Crippen MR) is 75.8 cm³/mol. The lowest BCUT2D eigenvalue weighted by Gasteiger charge is -2.19. The molecule has 0 saturated heterocycles. The lowest BCUT2D eigenvalue weighted by Crippen LogP contribution is -2.28.